The zero-order valence-electron chi connectivity index (χ0n) is 10.3. The molecule has 0 bridgehead atoms. The SMILES string of the molecule is c1ccc(COc2ccc(-n3ccnc3)nc2)cc1. The van der Waals surface area contributed by atoms with Crippen LogP contribution in [0, 0.1) is 0 Å². The minimum Gasteiger partial charge on any atom is -0.487 e. The minimum atomic E-state index is 0.549. The molecule has 4 heteroatoms. The van der Waals surface area contributed by atoms with Gasteiger partial charge in [0.2, 0.25) is 0 Å². The normalized spacial score (nSPS) is 10.3. The lowest BCUT2D eigenvalue weighted by molar-refractivity contribution is 0.305. The van der Waals surface area contributed by atoms with E-state index in [0.717, 1.165) is 17.1 Å². The lowest BCUT2D eigenvalue weighted by atomic mass is 10.2. The van der Waals surface area contributed by atoms with Crippen molar-refractivity contribution in [3.63, 3.8) is 0 Å². The summed E-state index contributed by atoms with van der Waals surface area (Å²) in [5.41, 5.74) is 1.14. The largest absolute Gasteiger partial charge is 0.487 e. The maximum atomic E-state index is 5.68. The van der Waals surface area contributed by atoms with Crippen LogP contribution in [0.1, 0.15) is 5.56 Å². The highest BCUT2D eigenvalue weighted by Crippen LogP contribution is 2.13. The Kier molecular flexibility index (Phi) is 3.23. The van der Waals surface area contributed by atoms with E-state index in [1.54, 1.807) is 18.7 Å². The van der Waals surface area contributed by atoms with Crippen molar-refractivity contribution < 1.29 is 4.74 Å². The molecule has 0 amide bonds. The summed E-state index contributed by atoms with van der Waals surface area (Å²) in [6, 6.07) is 13.9. The molecule has 94 valence electrons. The van der Waals surface area contributed by atoms with Gasteiger partial charge in [0.25, 0.3) is 0 Å². The molecule has 19 heavy (non-hydrogen) atoms. The molecule has 2 heterocycles. The summed E-state index contributed by atoms with van der Waals surface area (Å²) in [4.78, 5) is 8.32. The second-order valence-corrected chi connectivity index (χ2v) is 4.10. The van der Waals surface area contributed by atoms with Crippen LogP contribution in [0.25, 0.3) is 5.82 Å². The van der Waals surface area contributed by atoms with Gasteiger partial charge in [-0.05, 0) is 17.7 Å². The highest BCUT2D eigenvalue weighted by atomic mass is 16.5. The van der Waals surface area contributed by atoms with Crippen LogP contribution in [-0.4, -0.2) is 14.5 Å². The zero-order valence-corrected chi connectivity index (χ0v) is 10.3. The minimum absolute atomic E-state index is 0.549. The Morgan fingerprint density at radius 1 is 1.05 bits per heavy atom. The average Bonchev–Trinajstić information content (AvgIpc) is 3.01. The molecule has 0 unspecified atom stereocenters. The van der Waals surface area contributed by atoms with Crippen molar-refractivity contribution >= 4 is 0 Å². The molecule has 1 aromatic carbocycles. The van der Waals surface area contributed by atoms with Gasteiger partial charge in [-0.25, -0.2) is 9.97 Å². The predicted octanol–water partition coefficient (Wildman–Crippen LogP) is 2.85. The molecule has 0 spiro atoms. The smallest absolute Gasteiger partial charge is 0.138 e. The molecular weight excluding hydrogens is 238 g/mol. The van der Waals surface area contributed by atoms with Crippen LogP contribution in [0.2, 0.25) is 0 Å². The summed E-state index contributed by atoms with van der Waals surface area (Å²) in [7, 11) is 0. The third-order valence-electron chi connectivity index (χ3n) is 2.74. The van der Waals surface area contributed by atoms with Crippen LogP contribution in [0.15, 0.2) is 67.4 Å². The molecule has 0 radical (unpaired) electrons. The molecule has 2 aromatic heterocycles. The highest BCUT2D eigenvalue weighted by molar-refractivity contribution is 5.28. The summed E-state index contributed by atoms with van der Waals surface area (Å²) < 4.78 is 7.53. The van der Waals surface area contributed by atoms with Crippen LogP contribution in [-0.2, 0) is 6.61 Å². The van der Waals surface area contributed by atoms with E-state index in [9.17, 15) is 0 Å². The molecular formula is C15H13N3O. The Labute approximate surface area is 111 Å². The average molecular weight is 251 g/mol. The number of ether oxygens (including phenoxy) is 1. The van der Waals surface area contributed by atoms with Crippen molar-refractivity contribution in [1.82, 2.24) is 14.5 Å². The fourth-order valence-corrected chi connectivity index (χ4v) is 1.75. The summed E-state index contributed by atoms with van der Waals surface area (Å²) in [6.07, 6.45) is 7.01. The third-order valence-corrected chi connectivity index (χ3v) is 2.74. The van der Waals surface area contributed by atoms with Crippen LogP contribution in [0.3, 0.4) is 0 Å². The first-order valence-electron chi connectivity index (χ1n) is 6.03. The van der Waals surface area contributed by atoms with Crippen LogP contribution in [0.4, 0.5) is 0 Å². The van der Waals surface area contributed by atoms with Gasteiger partial charge < -0.3 is 4.74 Å². The fraction of sp³-hybridized carbons (Fsp3) is 0.0667. The van der Waals surface area contributed by atoms with Gasteiger partial charge in [-0.3, -0.25) is 4.57 Å². The van der Waals surface area contributed by atoms with E-state index >= 15 is 0 Å². The first-order valence-corrected chi connectivity index (χ1v) is 6.03. The number of hydrogen-bond acceptors (Lipinski definition) is 3. The number of imidazole rings is 1. The van der Waals surface area contributed by atoms with E-state index in [0.29, 0.717) is 6.61 Å². The van der Waals surface area contributed by atoms with Gasteiger partial charge in [-0.15, -0.1) is 0 Å². The molecule has 0 atom stereocenters. The van der Waals surface area contributed by atoms with Crippen LogP contribution in [0.5, 0.6) is 5.75 Å². The molecule has 0 aliphatic carbocycles. The van der Waals surface area contributed by atoms with Crippen LogP contribution >= 0.6 is 0 Å². The number of aromatic nitrogens is 3. The van der Waals surface area contributed by atoms with E-state index in [4.69, 9.17) is 4.74 Å². The molecule has 3 aromatic rings. The zero-order chi connectivity index (χ0) is 12.9. The standard InChI is InChI=1S/C15H13N3O/c1-2-4-13(5-3-1)11-19-14-6-7-15(17-10-14)18-9-8-16-12-18/h1-10,12H,11H2. The first-order chi connectivity index (χ1) is 9.42. The molecule has 3 rings (SSSR count). The van der Waals surface area contributed by atoms with Gasteiger partial charge in [-0.1, -0.05) is 30.3 Å². The molecule has 0 aliphatic rings. The number of benzene rings is 1. The quantitative estimate of drug-likeness (QED) is 0.715. The lowest BCUT2D eigenvalue weighted by Gasteiger charge is -2.07. The number of hydrogen-bond donors (Lipinski definition) is 0. The fourth-order valence-electron chi connectivity index (χ4n) is 1.75. The van der Waals surface area contributed by atoms with Gasteiger partial charge >= 0.3 is 0 Å². The van der Waals surface area contributed by atoms with E-state index in [1.165, 1.54) is 0 Å². The van der Waals surface area contributed by atoms with Crippen molar-refractivity contribution in [2.24, 2.45) is 0 Å². The molecule has 0 N–H and O–H groups in total. The number of rotatable bonds is 4. The van der Waals surface area contributed by atoms with E-state index in [2.05, 4.69) is 9.97 Å². The topological polar surface area (TPSA) is 39.9 Å². The van der Waals surface area contributed by atoms with Gasteiger partial charge in [0.15, 0.2) is 0 Å². The molecule has 4 nitrogen and oxygen atoms in total. The van der Waals surface area contributed by atoms with Crippen molar-refractivity contribution in [2.45, 2.75) is 6.61 Å². The van der Waals surface area contributed by atoms with Crippen molar-refractivity contribution in [2.75, 3.05) is 0 Å². The van der Waals surface area contributed by atoms with Gasteiger partial charge in [0, 0.05) is 12.4 Å². The maximum Gasteiger partial charge on any atom is 0.138 e. The van der Waals surface area contributed by atoms with Gasteiger partial charge in [-0.2, -0.15) is 0 Å². The lowest BCUT2D eigenvalue weighted by Crippen LogP contribution is -1.97. The first kappa shape index (κ1) is 11.5. The number of nitrogens with zero attached hydrogens (tertiary/aromatic N) is 3. The van der Waals surface area contributed by atoms with E-state index in [1.807, 2.05) is 53.2 Å². The van der Waals surface area contributed by atoms with Gasteiger partial charge in [0.1, 0.15) is 24.5 Å². The number of pyridine rings is 1. The Hall–Kier alpha value is -2.62. The highest BCUT2D eigenvalue weighted by Gasteiger charge is 1.99. The maximum absolute atomic E-state index is 5.68. The van der Waals surface area contributed by atoms with Crippen molar-refractivity contribution in [3.8, 4) is 11.6 Å². The summed E-state index contributed by atoms with van der Waals surface area (Å²) in [5, 5.41) is 0. The molecule has 0 saturated carbocycles. The Balaban J connectivity index is 1.67. The Bertz CT molecular complexity index is 618. The monoisotopic (exact) mass is 251 g/mol. The summed E-state index contributed by atoms with van der Waals surface area (Å²) in [6.45, 7) is 0.549. The third kappa shape index (κ3) is 2.80. The Morgan fingerprint density at radius 3 is 2.63 bits per heavy atom. The van der Waals surface area contributed by atoms with Crippen molar-refractivity contribution in [3.05, 3.63) is 72.9 Å². The van der Waals surface area contributed by atoms with E-state index < -0.39 is 0 Å². The molecule has 0 fully saturated rings. The second-order valence-electron chi connectivity index (χ2n) is 4.10. The Morgan fingerprint density at radius 2 is 1.95 bits per heavy atom. The summed E-state index contributed by atoms with van der Waals surface area (Å²) >= 11 is 0. The molecule has 0 saturated heterocycles. The molecule has 0 aliphatic heterocycles. The van der Waals surface area contributed by atoms with Crippen LogP contribution < -0.4 is 4.74 Å². The summed E-state index contributed by atoms with van der Waals surface area (Å²) in [5.74, 6) is 1.58. The predicted molar refractivity (Wildman–Crippen MR) is 72.1 cm³/mol. The second kappa shape index (κ2) is 5.35. The van der Waals surface area contributed by atoms with Crippen molar-refractivity contribution in [1.29, 1.82) is 0 Å². The van der Waals surface area contributed by atoms with E-state index in [-0.39, 0.29) is 0 Å². The van der Waals surface area contributed by atoms with Gasteiger partial charge in [0.05, 0.1) is 6.20 Å².